The van der Waals surface area contributed by atoms with E-state index < -0.39 is 30.1 Å². The molecular weight excluding hydrogens is 374 g/mol. The molecule has 0 aliphatic carbocycles. The minimum absolute atomic E-state index is 0.104. The molecule has 0 spiro atoms. The van der Waals surface area contributed by atoms with Gasteiger partial charge in [0, 0.05) is 24.6 Å². The van der Waals surface area contributed by atoms with E-state index in [4.69, 9.17) is 4.74 Å². The molecule has 144 valence electrons. The lowest BCUT2D eigenvalue weighted by molar-refractivity contribution is -0.121. The highest BCUT2D eigenvalue weighted by atomic mass is 19.1. The number of carbonyl (C=O) groups is 4. The molecule has 0 unspecified atom stereocenters. The van der Waals surface area contributed by atoms with Gasteiger partial charge in [0.2, 0.25) is 11.8 Å². The average molecular weight is 388 g/mol. The molecular formula is C19H14F2N2O5. The zero-order valence-electron chi connectivity index (χ0n) is 14.4. The van der Waals surface area contributed by atoms with Crippen LogP contribution in [-0.4, -0.2) is 30.3 Å². The summed E-state index contributed by atoms with van der Waals surface area (Å²) >= 11 is 0. The van der Waals surface area contributed by atoms with Crippen molar-refractivity contribution in [3.63, 3.8) is 0 Å². The fraction of sp³-hybridized carbons (Fsp3) is 0.158. The summed E-state index contributed by atoms with van der Waals surface area (Å²) in [5.41, 5.74) is 0.338. The molecule has 0 atom stereocenters. The maximum Gasteiger partial charge on any atom is 0.338 e. The number of amides is 3. The lowest BCUT2D eigenvalue weighted by Gasteiger charge is -2.14. The van der Waals surface area contributed by atoms with Gasteiger partial charge in [0.25, 0.3) is 5.91 Å². The molecule has 28 heavy (non-hydrogen) atoms. The predicted molar refractivity (Wildman–Crippen MR) is 93.4 cm³/mol. The molecule has 2 aromatic carbocycles. The molecule has 0 saturated carbocycles. The molecule has 1 aliphatic heterocycles. The van der Waals surface area contributed by atoms with Crippen molar-refractivity contribution in [1.82, 2.24) is 0 Å². The fourth-order valence-electron chi connectivity index (χ4n) is 2.65. The smallest absolute Gasteiger partial charge is 0.338 e. The van der Waals surface area contributed by atoms with Crippen LogP contribution in [0.2, 0.25) is 0 Å². The Morgan fingerprint density at radius 3 is 2.11 bits per heavy atom. The Balaban J connectivity index is 1.56. The van der Waals surface area contributed by atoms with E-state index in [-0.39, 0.29) is 35.9 Å². The molecule has 3 rings (SSSR count). The van der Waals surface area contributed by atoms with Gasteiger partial charge in [-0.05, 0) is 36.4 Å². The highest BCUT2D eigenvalue weighted by Crippen LogP contribution is 2.23. The average Bonchev–Trinajstić information content (AvgIpc) is 2.97. The number of hydrogen-bond donors (Lipinski definition) is 1. The first kappa shape index (κ1) is 19.2. The van der Waals surface area contributed by atoms with Crippen molar-refractivity contribution in [2.75, 3.05) is 16.8 Å². The van der Waals surface area contributed by atoms with E-state index in [2.05, 4.69) is 5.32 Å². The van der Waals surface area contributed by atoms with Crippen LogP contribution in [0, 0.1) is 11.6 Å². The summed E-state index contributed by atoms with van der Waals surface area (Å²) in [6.45, 7) is -0.665. The Kier molecular flexibility index (Phi) is 5.44. The minimum atomic E-state index is -0.859. The third kappa shape index (κ3) is 4.37. The van der Waals surface area contributed by atoms with Crippen LogP contribution in [0.15, 0.2) is 42.5 Å². The first-order valence-electron chi connectivity index (χ1n) is 8.22. The summed E-state index contributed by atoms with van der Waals surface area (Å²) in [5.74, 6) is -3.93. The number of halogens is 2. The van der Waals surface area contributed by atoms with Crippen LogP contribution in [0.3, 0.4) is 0 Å². The fourth-order valence-corrected chi connectivity index (χ4v) is 2.65. The van der Waals surface area contributed by atoms with Crippen molar-refractivity contribution in [3.8, 4) is 0 Å². The summed E-state index contributed by atoms with van der Waals surface area (Å²) in [5, 5.41) is 2.21. The topological polar surface area (TPSA) is 92.8 Å². The van der Waals surface area contributed by atoms with Gasteiger partial charge in [-0.1, -0.05) is 0 Å². The van der Waals surface area contributed by atoms with Gasteiger partial charge < -0.3 is 10.1 Å². The first-order chi connectivity index (χ1) is 13.3. The van der Waals surface area contributed by atoms with Gasteiger partial charge in [0.15, 0.2) is 6.61 Å². The van der Waals surface area contributed by atoms with Gasteiger partial charge in [-0.3, -0.25) is 19.3 Å². The van der Waals surface area contributed by atoms with E-state index in [1.54, 1.807) is 0 Å². The van der Waals surface area contributed by atoms with Gasteiger partial charge in [0.1, 0.15) is 11.6 Å². The number of imide groups is 1. The van der Waals surface area contributed by atoms with Gasteiger partial charge in [-0.25, -0.2) is 13.6 Å². The van der Waals surface area contributed by atoms with Crippen LogP contribution in [0.25, 0.3) is 0 Å². The molecule has 1 fully saturated rings. The zero-order chi connectivity index (χ0) is 20.3. The molecule has 1 saturated heterocycles. The van der Waals surface area contributed by atoms with E-state index in [1.807, 2.05) is 0 Å². The Labute approximate surface area is 157 Å². The van der Waals surface area contributed by atoms with E-state index >= 15 is 0 Å². The minimum Gasteiger partial charge on any atom is -0.452 e. The van der Waals surface area contributed by atoms with Crippen molar-refractivity contribution in [1.29, 1.82) is 0 Å². The molecule has 1 aliphatic rings. The predicted octanol–water partition coefficient (Wildman–Crippen LogP) is 2.41. The Hall–Kier alpha value is -3.62. The number of nitrogens with one attached hydrogen (secondary N) is 1. The third-order valence-electron chi connectivity index (χ3n) is 3.89. The number of benzene rings is 2. The van der Waals surface area contributed by atoms with Crippen LogP contribution in [0.4, 0.5) is 20.2 Å². The second kappa shape index (κ2) is 7.95. The Morgan fingerprint density at radius 2 is 1.54 bits per heavy atom. The number of nitrogens with zero attached hydrogens (tertiary/aromatic N) is 1. The molecule has 0 aromatic heterocycles. The maximum atomic E-state index is 13.1. The van der Waals surface area contributed by atoms with Crippen LogP contribution >= 0.6 is 0 Å². The van der Waals surface area contributed by atoms with Crippen LogP contribution in [-0.2, 0) is 19.1 Å². The normalized spacial score (nSPS) is 13.6. The van der Waals surface area contributed by atoms with Crippen LogP contribution in [0.1, 0.15) is 23.2 Å². The molecule has 0 bridgehead atoms. The number of carbonyl (C=O) groups excluding carboxylic acids is 4. The molecule has 1 N–H and O–H groups in total. The van der Waals surface area contributed by atoms with E-state index in [0.717, 1.165) is 17.0 Å². The summed E-state index contributed by atoms with van der Waals surface area (Å²) in [7, 11) is 0. The zero-order valence-corrected chi connectivity index (χ0v) is 14.4. The highest BCUT2D eigenvalue weighted by Gasteiger charge is 2.30. The highest BCUT2D eigenvalue weighted by molar-refractivity contribution is 6.19. The number of anilines is 2. The van der Waals surface area contributed by atoms with Gasteiger partial charge in [-0.2, -0.15) is 0 Å². The molecule has 7 nitrogen and oxygen atoms in total. The van der Waals surface area contributed by atoms with Gasteiger partial charge in [-0.15, -0.1) is 0 Å². The van der Waals surface area contributed by atoms with E-state index in [0.29, 0.717) is 11.8 Å². The van der Waals surface area contributed by atoms with E-state index in [1.165, 1.54) is 24.3 Å². The van der Waals surface area contributed by atoms with E-state index in [9.17, 15) is 28.0 Å². The van der Waals surface area contributed by atoms with Crippen molar-refractivity contribution >= 4 is 35.1 Å². The monoisotopic (exact) mass is 388 g/mol. The van der Waals surface area contributed by atoms with Crippen molar-refractivity contribution in [2.45, 2.75) is 12.8 Å². The summed E-state index contributed by atoms with van der Waals surface area (Å²) < 4.78 is 31.0. The quantitative estimate of drug-likeness (QED) is 0.627. The molecule has 3 amide bonds. The SMILES string of the molecule is O=C(COC(=O)c1ccc(N2C(=O)CCC2=O)cc1)Nc1cc(F)cc(F)c1. The van der Waals surface area contributed by atoms with Crippen LogP contribution < -0.4 is 10.2 Å². The summed E-state index contributed by atoms with van der Waals surface area (Å²) in [6.07, 6.45) is 0.292. The molecule has 2 aromatic rings. The Bertz CT molecular complexity index is 923. The number of rotatable bonds is 5. The van der Waals surface area contributed by atoms with Crippen LogP contribution in [0.5, 0.6) is 0 Å². The van der Waals surface area contributed by atoms with Crippen molar-refractivity contribution in [3.05, 3.63) is 59.7 Å². The summed E-state index contributed by atoms with van der Waals surface area (Å²) in [4.78, 5) is 48.2. The third-order valence-corrected chi connectivity index (χ3v) is 3.89. The molecule has 0 radical (unpaired) electrons. The lowest BCUT2D eigenvalue weighted by atomic mass is 10.2. The second-order valence-corrected chi connectivity index (χ2v) is 5.95. The largest absolute Gasteiger partial charge is 0.452 e. The number of esters is 1. The van der Waals surface area contributed by atoms with Crippen molar-refractivity contribution in [2.24, 2.45) is 0 Å². The number of ether oxygens (including phenoxy) is 1. The van der Waals surface area contributed by atoms with Gasteiger partial charge in [0.05, 0.1) is 11.3 Å². The second-order valence-electron chi connectivity index (χ2n) is 5.95. The standard InChI is InChI=1S/C19H14F2N2O5/c20-12-7-13(21)9-14(8-12)22-16(24)10-28-19(27)11-1-3-15(4-2-11)23-17(25)5-6-18(23)26/h1-4,7-9H,5-6,10H2,(H,22,24). The first-order valence-corrected chi connectivity index (χ1v) is 8.22. The number of hydrogen-bond acceptors (Lipinski definition) is 5. The van der Waals surface area contributed by atoms with Crippen molar-refractivity contribution < 1.29 is 32.7 Å². The lowest BCUT2D eigenvalue weighted by Crippen LogP contribution is -2.28. The molecule has 9 heteroatoms. The van der Waals surface area contributed by atoms with Gasteiger partial charge >= 0.3 is 5.97 Å². The Morgan fingerprint density at radius 1 is 0.964 bits per heavy atom. The summed E-state index contributed by atoms with van der Waals surface area (Å²) in [6, 6.07) is 8.06. The maximum absolute atomic E-state index is 13.1. The molecule has 1 heterocycles.